The number of allylic oxidation sites excluding steroid dienone is 1. The summed E-state index contributed by atoms with van der Waals surface area (Å²) in [5.41, 5.74) is 0.913. The largest absolute Gasteiger partial charge is 0.468 e. The molecule has 1 aliphatic heterocycles. The molecule has 3 heterocycles. The Labute approximate surface area is 161 Å². The third-order valence-corrected chi connectivity index (χ3v) is 5.87. The van der Waals surface area contributed by atoms with Gasteiger partial charge < -0.3 is 9.64 Å². The lowest BCUT2D eigenvalue weighted by atomic mass is 10.3. The highest BCUT2D eigenvalue weighted by molar-refractivity contribution is 8.00. The van der Waals surface area contributed by atoms with Gasteiger partial charge in [0, 0.05) is 30.3 Å². The van der Waals surface area contributed by atoms with Gasteiger partial charge in [0.2, 0.25) is 4.77 Å². The van der Waals surface area contributed by atoms with Crippen LogP contribution in [-0.4, -0.2) is 56.5 Å². The number of thioether (sulfide) groups is 1. The van der Waals surface area contributed by atoms with Crippen molar-refractivity contribution in [3.8, 4) is 11.4 Å². The first kappa shape index (κ1) is 18.8. The molecular formula is C17H22N5O2S2+. The fourth-order valence-corrected chi connectivity index (χ4v) is 4.50. The summed E-state index contributed by atoms with van der Waals surface area (Å²) in [7, 11) is 1.43. The highest BCUT2D eigenvalue weighted by Gasteiger charge is 2.30. The van der Waals surface area contributed by atoms with E-state index in [0.717, 1.165) is 23.7 Å². The zero-order valence-corrected chi connectivity index (χ0v) is 16.3. The Morgan fingerprint density at radius 2 is 2.46 bits per heavy atom. The van der Waals surface area contributed by atoms with Gasteiger partial charge in [-0.2, -0.15) is 4.68 Å². The van der Waals surface area contributed by atoms with Crippen LogP contribution in [0.5, 0.6) is 0 Å². The van der Waals surface area contributed by atoms with Crippen LogP contribution in [0.2, 0.25) is 0 Å². The molecule has 138 valence electrons. The Hall–Kier alpha value is -1.97. The van der Waals surface area contributed by atoms with E-state index in [4.69, 9.17) is 22.1 Å². The van der Waals surface area contributed by atoms with Gasteiger partial charge in [-0.1, -0.05) is 6.08 Å². The average Bonchev–Trinajstić information content (AvgIpc) is 2.98. The lowest BCUT2D eigenvalue weighted by Gasteiger charge is -2.27. The molecule has 0 aliphatic carbocycles. The Balaban J connectivity index is 1.85. The molecule has 3 rings (SSSR count). The van der Waals surface area contributed by atoms with Gasteiger partial charge >= 0.3 is 5.97 Å². The number of hydrogen-bond donors (Lipinski definition) is 1. The fraction of sp³-hybridized carbons (Fsp3) is 0.412. The van der Waals surface area contributed by atoms with Crippen LogP contribution in [-0.2, 0) is 22.7 Å². The van der Waals surface area contributed by atoms with Gasteiger partial charge in [0.05, 0.1) is 13.7 Å². The molecule has 1 N–H and O–H groups in total. The molecule has 1 fully saturated rings. The predicted molar refractivity (Wildman–Crippen MR) is 103 cm³/mol. The zero-order chi connectivity index (χ0) is 18.5. The number of rotatable bonds is 6. The molecule has 0 saturated carbocycles. The molecule has 1 unspecified atom stereocenters. The van der Waals surface area contributed by atoms with Crippen molar-refractivity contribution < 1.29 is 14.4 Å². The molecule has 9 heteroatoms. The number of methoxy groups -OCH3 is 1. The van der Waals surface area contributed by atoms with Crippen molar-refractivity contribution in [1.82, 2.24) is 19.3 Å². The van der Waals surface area contributed by atoms with E-state index in [1.165, 1.54) is 12.0 Å². The summed E-state index contributed by atoms with van der Waals surface area (Å²) in [4.78, 5) is 17.3. The SMILES string of the molecule is C=CCn1c(-c2cccnc2)nn(C[NH+]2CCS[C@@H](C(=O)OC)C2)c1=S. The molecule has 0 spiro atoms. The van der Waals surface area contributed by atoms with Crippen LogP contribution in [0.25, 0.3) is 11.4 Å². The van der Waals surface area contributed by atoms with Gasteiger partial charge in [-0.25, -0.2) is 0 Å². The van der Waals surface area contributed by atoms with Gasteiger partial charge in [-0.3, -0.25) is 14.3 Å². The molecule has 0 aromatic carbocycles. The summed E-state index contributed by atoms with van der Waals surface area (Å²) in [6.45, 7) is 6.67. The molecule has 0 bridgehead atoms. The maximum absolute atomic E-state index is 11.8. The number of esters is 1. The van der Waals surface area contributed by atoms with Crippen LogP contribution in [0, 0.1) is 4.77 Å². The predicted octanol–water partition coefficient (Wildman–Crippen LogP) is 0.793. The van der Waals surface area contributed by atoms with E-state index >= 15 is 0 Å². The molecule has 26 heavy (non-hydrogen) atoms. The van der Waals surface area contributed by atoms with Crippen molar-refractivity contribution in [2.75, 3.05) is 26.0 Å². The minimum atomic E-state index is -0.163. The van der Waals surface area contributed by atoms with Gasteiger partial charge in [-0.05, 0) is 24.4 Å². The maximum atomic E-state index is 11.8. The fourth-order valence-electron chi connectivity index (χ4n) is 2.95. The molecule has 0 radical (unpaired) electrons. The highest BCUT2D eigenvalue weighted by atomic mass is 32.2. The molecule has 2 aromatic heterocycles. The molecule has 7 nitrogen and oxygen atoms in total. The lowest BCUT2D eigenvalue weighted by molar-refractivity contribution is -0.921. The van der Waals surface area contributed by atoms with E-state index in [-0.39, 0.29) is 11.2 Å². The summed E-state index contributed by atoms with van der Waals surface area (Å²) in [5.74, 6) is 1.52. The van der Waals surface area contributed by atoms with Crippen LogP contribution in [0.4, 0.5) is 0 Å². The minimum absolute atomic E-state index is 0.133. The van der Waals surface area contributed by atoms with Crippen molar-refractivity contribution >= 4 is 29.9 Å². The van der Waals surface area contributed by atoms with Crippen molar-refractivity contribution in [2.45, 2.75) is 18.5 Å². The first-order chi connectivity index (χ1) is 12.6. The Morgan fingerprint density at radius 3 is 3.15 bits per heavy atom. The van der Waals surface area contributed by atoms with E-state index in [2.05, 4.69) is 11.6 Å². The zero-order valence-electron chi connectivity index (χ0n) is 14.6. The molecule has 2 aromatic rings. The number of carbonyl (C=O) groups excluding carboxylic acids is 1. The van der Waals surface area contributed by atoms with Crippen molar-refractivity contribution in [3.63, 3.8) is 0 Å². The van der Waals surface area contributed by atoms with Crippen LogP contribution < -0.4 is 4.90 Å². The normalized spacial score (nSPS) is 19.9. The summed E-state index contributed by atoms with van der Waals surface area (Å²) in [6.07, 6.45) is 5.31. The van der Waals surface area contributed by atoms with Crippen molar-refractivity contribution in [2.24, 2.45) is 0 Å². The molecule has 2 atom stereocenters. The Kier molecular flexibility index (Phi) is 6.23. The summed E-state index contributed by atoms with van der Waals surface area (Å²) < 4.78 is 9.32. The Morgan fingerprint density at radius 1 is 1.62 bits per heavy atom. The molecule has 0 amide bonds. The first-order valence-electron chi connectivity index (χ1n) is 8.36. The monoisotopic (exact) mass is 392 g/mol. The first-order valence-corrected chi connectivity index (χ1v) is 9.81. The van der Waals surface area contributed by atoms with E-state index in [0.29, 0.717) is 24.5 Å². The van der Waals surface area contributed by atoms with Crippen molar-refractivity contribution in [1.29, 1.82) is 0 Å². The number of hydrogen-bond acceptors (Lipinski definition) is 6. The van der Waals surface area contributed by atoms with Crippen molar-refractivity contribution in [3.05, 3.63) is 42.0 Å². The smallest absolute Gasteiger partial charge is 0.324 e. The molecule has 1 aliphatic rings. The quantitative estimate of drug-likeness (QED) is 0.446. The van der Waals surface area contributed by atoms with Crippen LogP contribution >= 0.6 is 24.0 Å². The Bertz CT molecular complexity index is 833. The number of nitrogens with zero attached hydrogens (tertiary/aromatic N) is 4. The van der Waals surface area contributed by atoms with Gasteiger partial charge in [0.1, 0.15) is 6.54 Å². The standard InChI is InChI=1S/C17H21N5O2S2/c1-3-7-21-15(13-5-4-6-18-10-13)19-22(17(21)25)12-20-8-9-26-14(11-20)16(23)24-2/h3-6,10,14H,1,7-9,11-12H2,2H3/p+1/t14-/m1/s1. The number of ether oxygens (including phenoxy) is 1. The van der Waals surface area contributed by atoms with Crippen LogP contribution in [0.1, 0.15) is 0 Å². The second-order valence-electron chi connectivity index (χ2n) is 5.99. The second kappa shape index (κ2) is 8.61. The second-order valence-corrected chi connectivity index (χ2v) is 7.67. The topological polar surface area (TPSA) is 66.4 Å². The number of nitrogens with one attached hydrogen (secondary N) is 1. The number of pyridine rings is 1. The van der Waals surface area contributed by atoms with Crippen LogP contribution in [0.15, 0.2) is 37.2 Å². The van der Waals surface area contributed by atoms with Gasteiger partial charge in [0.15, 0.2) is 17.7 Å². The number of quaternary nitrogens is 1. The van der Waals surface area contributed by atoms with Gasteiger partial charge in [-0.15, -0.1) is 23.4 Å². The van der Waals surface area contributed by atoms with E-state index in [9.17, 15) is 4.79 Å². The van der Waals surface area contributed by atoms with E-state index in [1.807, 2.05) is 21.4 Å². The van der Waals surface area contributed by atoms with E-state index in [1.54, 1.807) is 30.2 Å². The maximum Gasteiger partial charge on any atom is 0.324 e. The molecular weight excluding hydrogens is 370 g/mol. The third kappa shape index (κ3) is 4.05. The lowest BCUT2D eigenvalue weighted by Crippen LogP contribution is -3.14. The highest BCUT2D eigenvalue weighted by Crippen LogP contribution is 2.17. The molecule has 1 saturated heterocycles. The summed E-state index contributed by atoms with van der Waals surface area (Å²) in [5, 5.41) is 4.59. The summed E-state index contributed by atoms with van der Waals surface area (Å²) in [6, 6.07) is 3.84. The van der Waals surface area contributed by atoms with E-state index < -0.39 is 0 Å². The number of aromatic nitrogens is 4. The minimum Gasteiger partial charge on any atom is -0.468 e. The summed E-state index contributed by atoms with van der Waals surface area (Å²) >= 11 is 7.29. The van der Waals surface area contributed by atoms with Crippen LogP contribution in [0.3, 0.4) is 0 Å². The van der Waals surface area contributed by atoms with Gasteiger partial charge in [0.25, 0.3) is 0 Å². The third-order valence-electron chi connectivity index (χ3n) is 4.24. The number of carbonyl (C=O) groups is 1. The average molecular weight is 393 g/mol.